The third kappa shape index (κ3) is 12.8. The molecule has 0 rings (SSSR count). The van der Waals surface area contributed by atoms with Gasteiger partial charge in [-0.2, -0.15) is 0 Å². The Hall–Kier alpha value is -4.28. The van der Waals surface area contributed by atoms with Crippen LogP contribution < -0.4 is 0 Å². The summed E-state index contributed by atoms with van der Waals surface area (Å²) in [6, 6.07) is 0. The van der Waals surface area contributed by atoms with Crippen LogP contribution in [0, 0.1) is 0 Å². The first kappa shape index (κ1) is 31.7. The molecule has 0 unspecified atom stereocenters. The summed E-state index contributed by atoms with van der Waals surface area (Å²) in [6.45, 7) is 1.64. The third-order valence-corrected chi connectivity index (χ3v) is 3.82. The fourth-order valence-corrected chi connectivity index (χ4v) is 2.13. The largest absolute Gasteiger partial charge is 0.479 e. The van der Waals surface area contributed by atoms with Crippen LogP contribution in [0.3, 0.4) is 0 Å². The van der Waals surface area contributed by atoms with Gasteiger partial charge in [-0.15, -0.1) is 0 Å². The first-order valence-corrected chi connectivity index (χ1v) is 10.0. The van der Waals surface area contributed by atoms with Crippen LogP contribution in [0.25, 0.3) is 0 Å². The molecule has 4 atom stereocenters. The highest BCUT2D eigenvalue weighted by Crippen LogP contribution is 2.11. The van der Waals surface area contributed by atoms with Gasteiger partial charge in [0.1, 0.15) is 0 Å². The molecule has 36 heavy (non-hydrogen) atoms. The summed E-state index contributed by atoms with van der Waals surface area (Å²) in [4.78, 5) is 91.1. The van der Waals surface area contributed by atoms with E-state index < -0.39 is 97.9 Å². The maximum absolute atomic E-state index is 12.0. The lowest BCUT2D eigenvalue weighted by Gasteiger charge is -2.18. The highest BCUT2D eigenvalue weighted by Gasteiger charge is 2.34. The molecule has 0 radical (unpaired) electrons. The minimum atomic E-state index is -2.29. The molecule has 0 bridgehead atoms. The highest BCUT2D eigenvalue weighted by molar-refractivity contribution is 5.88. The van der Waals surface area contributed by atoms with Crippen LogP contribution in [-0.4, -0.2) is 104 Å². The molecule has 0 fully saturated rings. The van der Waals surface area contributed by atoms with Crippen molar-refractivity contribution < 1.29 is 82.8 Å². The molecule has 0 aliphatic carbocycles. The predicted molar refractivity (Wildman–Crippen MR) is 106 cm³/mol. The summed E-state index contributed by atoms with van der Waals surface area (Å²) in [7, 11) is 0. The zero-order valence-electron chi connectivity index (χ0n) is 18.7. The molecule has 0 heterocycles. The van der Waals surface area contributed by atoms with Crippen LogP contribution in [0.15, 0.2) is 0 Å². The van der Waals surface area contributed by atoms with Gasteiger partial charge in [-0.1, -0.05) is 6.92 Å². The molecule has 17 nitrogen and oxygen atoms in total. The molecule has 0 saturated carbocycles. The van der Waals surface area contributed by atoms with Gasteiger partial charge in [-0.25, -0.2) is 19.2 Å². The summed E-state index contributed by atoms with van der Waals surface area (Å²) < 4.78 is 18.0. The van der Waals surface area contributed by atoms with E-state index in [4.69, 9.17) is 25.5 Å². The molecule has 0 aliphatic heterocycles. The Morgan fingerprint density at radius 1 is 0.556 bits per heavy atom. The number of carboxylic acid groups (broad SMARTS) is 4. The Morgan fingerprint density at radius 2 is 0.889 bits per heavy atom. The van der Waals surface area contributed by atoms with Crippen molar-refractivity contribution in [3.8, 4) is 0 Å². The van der Waals surface area contributed by atoms with Gasteiger partial charge in [0.2, 0.25) is 18.3 Å². The molecule has 5 N–H and O–H groups in total. The van der Waals surface area contributed by atoms with Gasteiger partial charge in [0.15, 0.2) is 6.10 Å². The van der Waals surface area contributed by atoms with Crippen molar-refractivity contribution >= 4 is 47.8 Å². The minimum absolute atomic E-state index is 0.0249. The molecular formula is C19H24O17. The molecule has 202 valence electrons. The lowest BCUT2D eigenvalue weighted by Crippen LogP contribution is -2.37. The van der Waals surface area contributed by atoms with Crippen LogP contribution in [0.1, 0.15) is 39.0 Å². The number of carboxylic acids is 4. The smallest absolute Gasteiger partial charge is 0.345 e. The number of rotatable bonds is 17. The van der Waals surface area contributed by atoms with Crippen molar-refractivity contribution in [3.63, 3.8) is 0 Å². The van der Waals surface area contributed by atoms with Crippen molar-refractivity contribution in [2.75, 3.05) is 6.61 Å². The molecule has 0 saturated heterocycles. The number of hydrogen-bond acceptors (Lipinski definition) is 13. The third-order valence-electron chi connectivity index (χ3n) is 3.82. The quantitative estimate of drug-likeness (QED) is 0.101. The van der Waals surface area contributed by atoms with Gasteiger partial charge in [-0.05, 0) is 6.42 Å². The van der Waals surface area contributed by atoms with E-state index in [1.54, 1.807) is 6.92 Å². The van der Waals surface area contributed by atoms with E-state index in [0.29, 0.717) is 6.42 Å². The zero-order valence-corrected chi connectivity index (χ0v) is 18.7. The number of esters is 4. The molecular weight excluding hydrogens is 500 g/mol. The second-order valence-electron chi connectivity index (χ2n) is 6.84. The average Bonchev–Trinajstić information content (AvgIpc) is 2.75. The van der Waals surface area contributed by atoms with Gasteiger partial charge in [-0.3, -0.25) is 19.2 Å². The standard InChI is InChI=1S/C19H24O17/c1-2-3-33-12(21)5-9(17(27)28)35-14(23)7-11(19(31)32)36-15(24)6-10(18(29)30)34-13(22)4-8(20)16(25)26/h8-11,20H,2-7H2,1H3,(H,25,26)(H,27,28)(H,29,30)(H,31,32)/t8-,9-,10-,11-/m0/s1. The molecule has 0 aromatic heterocycles. The van der Waals surface area contributed by atoms with Gasteiger partial charge < -0.3 is 44.5 Å². The van der Waals surface area contributed by atoms with Gasteiger partial charge in [0, 0.05) is 0 Å². The number of aliphatic hydroxyl groups excluding tert-OH is 1. The monoisotopic (exact) mass is 524 g/mol. The maximum Gasteiger partial charge on any atom is 0.345 e. The van der Waals surface area contributed by atoms with Crippen LogP contribution in [-0.2, 0) is 57.3 Å². The summed E-state index contributed by atoms with van der Waals surface area (Å²) in [5.41, 5.74) is 0. The van der Waals surface area contributed by atoms with Crippen LogP contribution in [0.5, 0.6) is 0 Å². The Morgan fingerprint density at radius 3 is 1.19 bits per heavy atom. The van der Waals surface area contributed by atoms with E-state index in [1.165, 1.54) is 0 Å². The summed E-state index contributed by atoms with van der Waals surface area (Å²) in [5, 5.41) is 44.8. The van der Waals surface area contributed by atoms with Crippen LogP contribution >= 0.6 is 0 Å². The Kier molecular flexibility index (Phi) is 13.7. The summed E-state index contributed by atoms with van der Waals surface area (Å²) in [5.74, 6) is -13.0. The first-order chi connectivity index (χ1) is 16.7. The SMILES string of the molecule is CCCOC(=O)C[C@H](OC(=O)C[C@H](OC(=O)C[C@H](OC(=O)C[C@H](O)C(=O)O)C(=O)O)C(=O)O)C(=O)O. The molecule has 0 aromatic carbocycles. The van der Waals surface area contributed by atoms with E-state index in [0.717, 1.165) is 0 Å². The zero-order chi connectivity index (χ0) is 28.0. The van der Waals surface area contributed by atoms with Gasteiger partial charge >= 0.3 is 47.8 Å². The summed E-state index contributed by atoms with van der Waals surface area (Å²) in [6.07, 6.45) is -12.9. The topological polar surface area (TPSA) is 275 Å². The molecule has 0 aliphatic rings. The van der Waals surface area contributed by atoms with Crippen LogP contribution in [0.4, 0.5) is 0 Å². The number of ether oxygens (including phenoxy) is 4. The predicted octanol–water partition coefficient (Wildman–Crippen LogP) is -2.07. The van der Waals surface area contributed by atoms with E-state index in [1.807, 2.05) is 0 Å². The number of aliphatic carboxylic acids is 4. The van der Waals surface area contributed by atoms with Crippen molar-refractivity contribution in [3.05, 3.63) is 0 Å². The van der Waals surface area contributed by atoms with Gasteiger partial charge in [0.25, 0.3) is 0 Å². The molecule has 0 spiro atoms. The number of carbonyl (C=O) groups is 8. The normalized spacial score (nSPS) is 13.7. The fraction of sp³-hybridized carbons (Fsp3) is 0.579. The second kappa shape index (κ2) is 15.6. The van der Waals surface area contributed by atoms with E-state index in [-0.39, 0.29) is 6.61 Å². The van der Waals surface area contributed by atoms with Crippen molar-refractivity contribution in [1.82, 2.24) is 0 Å². The lowest BCUT2D eigenvalue weighted by atomic mass is 10.2. The summed E-state index contributed by atoms with van der Waals surface area (Å²) >= 11 is 0. The van der Waals surface area contributed by atoms with E-state index in [9.17, 15) is 38.4 Å². The van der Waals surface area contributed by atoms with Gasteiger partial charge in [0.05, 0.1) is 32.3 Å². The van der Waals surface area contributed by atoms with Crippen molar-refractivity contribution in [2.45, 2.75) is 63.4 Å². The number of aliphatic hydroxyl groups is 1. The first-order valence-electron chi connectivity index (χ1n) is 10.0. The highest BCUT2D eigenvalue weighted by atomic mass is 16.6. The van der Waals surface area contributed by atoms with Crippen LogP contribution in [0.2, 0.25) is 0 Å². The Labute approximate surface area is 201 Å². The van der Waals surface area contributed by atoms with E-state index in [2.05, 4.69) is 18.9 Å². The Bertz CT molecular complexity index is 862. The number of carbonyl (C=O) groups excluding carboxylic acids is 4. The fourth-order valence-electron chi connectivity index (χ4n) is 2.13. The van der Waals surface area contributed by atoms with E-state index >= 15 is 0 Å². The molecule has 0 aromatic rings. The Balaban J connectivity index is 5.09. The molecule has 17 heteroatoms. The van der Waals surface area contributed by atoms with Crippen molar-refractivity contribution in [2.24, 2.45) is 0 Å². The average molecular weight is 524 g/mol. The molecule has 0 amide bonds. The second-order valence-corrected chi connectivity index (χ2v) is 6.84. The van der Waals surface area contributed by atoms with Crippen molar-refractivity contribution in [1.29, 1.82) is 0 Å². The lowest BCUT2D eigenvalue weighted by molar-refractivity contribution is -0.178. The minimum Gasteiger partial charge on any atom is -0.479 e. The number of hydrogen-bond donors (Lipinski definition) is 5. The maximum atomic E-state index is 12.0.